The van der Waals surface area contributed by atoms with Crippen molar-refractivity contribution in [3.05, 3.63) is 69.5 Å². The van der Waals surface area contributed by atoms with Crippen LogP contribution in [0.15, 0.2) is 53.5 Å². The number of nitrogens with one attached hydrogen (secondary N) is 1. The molecule has 0 atom stereocenters. The van der Waals surface area contributed by atoms with E-state index in [1.807, 2.05) is 31.2 Å². The molecule has 0 bridgehead atoms. The Hall–Kier alpha value is -3.10. The summed E-state index contributed by atoms with van der Waals surface area (Å²) in [5.41, 5.74) is 2.38. The third-order valence-corrected chi connectivity index (χ3v) is 6.17. The highest BCUT2D eigenvalue weighted by Gasteiger charge is 2.16. The minimum absolute atomic E-state index is 0.179. The van der Waals surface area contributed by atoms with Gasteiger partial charge in [0.2, 0.25) is 0 Å². The van der Waals surface area contributed by atoms with Crippen molar-refractivity contribution in [2.45, 2.75) is 6.92 Å². The van der Waals surface area contributed by atoms with Crippen molar-refractivity contribution in [3.8, 4) is 0 Å². The van der Waals surface area contributed by atoms with E-state index in [1.165, 1.54) is 27.1 Å². The van der Waals surface area contributed by atoms with E-state index in [-0.39, 0.29) is 11.5 Å². The Kier molecular flexibility index (Phi) is 3.56. The molecule has 4 heterocycles. The molecule has 8 heteroatoms. The van der Waals surface area contributed by atoms with Gasteiger partial charge >= 0.3 is 0 Å². The van der Waals surface area contributed by atoms with Gasteiger partial charge in [0.15, 0.2) is 5.13 Å². The van der Waals surface area contributed by atoms with Gasteiger partial charge in [0.25, 0.3) is 11.5 Å². The molecular weight excluding hydrogens is 380 g/mol. The third kappa shape index (κ3) is 2.70. The van der Waals surface area contributed by atoms with Crippen molar-refractivity contribution in [3.63, 3.8) is 0 Å². The smallest absolute Gasteiger partial charge is 0.267 e. The number of fused-ring (bicyclic) bond motifs is 3. The molecule has 0 unspecified atom stereocenters. The van der Waals surface area contributed by atoms with Crippen molar-refractivity contribution in [2.75, 3.05) is 5.32 Å². The van der Waals surface area contributed by atoms with E-state index in [0.29, 0.717) is 25.9 Å². The van der Waals surface area contributed by atoms with Crippen LogP contribution in [0.4, 0.5) is 5.13 Å². The van der Waals surface area contributed by atoms with Crippen LogP contribution in [0.5, 0.6) is 0 Å². The fraction of sp³-hybridized carbons (Fsp3) is 0.0526. The summed E-state index contributed by atoms with van der Waals surface area (Å²) < 4.78 is 2.50. The summed E-state index contributed by atoms with van der Waals surface area (Å²) in [5.74, 6) is -0.290. The third-order valence-electron chi connectivity index (χ3n) is 4.20. The summed E-state index contributed by atoms with van der Waals surface area (Å²) in [6.45, 7) is 2.02. The number of hydrogen-bond acceptors (Lipinski definition) is 6. The van der Waals surface area contributed by atoms with E-state index < -0.39 is 0 Å². The Morgan fingerprint density at radius 1 is 1.11 bits per heavy atom. The summed E-state index contributed by atoms with van der Waals surface area (Å²) >= 11 is 2.63. The zero-order valence-corrected chi connectivity index (χ0v) is 15.7. The molecule has 0 radical (unpaired) electrons. The van der Waals surface area contributed by atoms with E-state index in [0.717, 1.165) is 15.8 Å². The average molecular weight is 392 g/mol. The highest BCUT2D eigenvalue weighted by atomic mass is 32.1. The van der Waals surface area contributed by atoms with E-state index in [2.05, 4.69) is 15.3 Å². The van der Waals surface area contributed by atoms with Crippen LogP contribution in [-0.4, -0.2) is 20.3 Å². The predicted molar refractivity (Wildman–Crippen MR) is 109 cm³/mol. The standard InChI is InChI=1S/C19H12N4O2S2/c1-10-5-6-12-13(8-10)27-19(20-12)22-16(24)14-9-11-17(26-14)21-15-4-2-3-7-23(15)18(11)25/h2-9H,1H3,(H,20,22,24). The summed E-state index contributed by atoms with van der Waals surface area (Å²) in [6.07, 6.45) is 1.67. The van der Waals surface area contributed by atoms with Crippen LogP contribution in [0.25, 0.3) is 26.1 Å². The fourth-order valence-corrected chi connectivity index (χ4v) is 4.79. The number of carbonyl (C=O) groups is 1. The maximum absolute atomic E-state index is 12.7. The number of pyridine rings is 1. The Morgan fingerprint density at radius 3 is 2.89 bits per heavy atom. The molecule has 0 aliphatic carbocycles. The molecule has 1 aromatic carbocycles. The first-order chi connectivity index (χ1) is 13.1. The van der Waals surface area contributed by atoms with Gasteiger partial charge in [-0.2, -0.15) is 0 Å². The molecule has 27 heavy (non-hydrogen) atoms. The lowest BCUT2D eigenvalue weighted by Gasteiger charge is -1.97. The molecule has 0 spiro atoms. The first-order valence-electron chi connectivity index (χ1n) is 8.18. The summed E-state index contributed by atoms with van der Waals surface area (Å²) in [6, 6.07) is 12.9. The van der Waals surface area contributed by atoms with Crippen LogP contribution in [0.1, 0.15) is 15.2 Å². The maximum atomic E-state index is 12.7. The zero-order valence-electron chi connectivity index (χ0n) is 14.1. The number of benzene rings is 1. The largest absolute Gasteiger partial charge is 0.297 e. The van der Waals surface area contributed by atoms with Crippen molar-refractivity contribution in [1.29, 1.82) is 0 Å². The first kappa shape index (κ1) is 16.1. The lowest BCUT2D eigenvalue weighted by Crippen LogP contribution is -2.13. The predicted octanol–water partition coefficient (Wildman–Crippen LogP) is 4.08. The molecule has 5 aromatic rings. The molecule has 0 saturated carbocycles. The number of aromatic nitrogens is 3. The van der Waals surface area contributed by atoms with Gasteiger partial charge in [-0.15, -0.1) is 11.3 Å². The van der Waals surface area contributed by atoms with Crippen molar-refractivity contribution in [2.24, 2.45) is 0 Å². The monoisotopic (exact) mass is 392 g/mol. The minimum atomic E-state index is -0.290. The normalized spacial score (nSPS) is 11.4. The van der Waals surface area contributed by atoms with Crippen LogP contribution in [-0.2, 0) is 0 Å². The number of carbonyl (C=O) groups excluding carboxylic acids is 1. The number of hydrogen-bond donors (Lipinski definition) is 1. The molecular formula is C19H12N4O2S2. The second-order valence-corrected chi connectivity index (χ2v) is 8.18. The highest BCUT2D eigenvalue weighted by molar-refractivity contribution is 7.22. The van der Waals surface area contributed by atoms with Crippen LogP contribution in [0.3, 0.4) is 0 Å². The zero-order chi connectivity index (χ0) is 18.5. The Bertz CT molecular complexity index is 1410. The van der Waals surface area contributed by atoms with Gasteiger partial charge in [-0.05, 0) is 42.8 Å². The molecule has 0 aliphatic rings. The quantitative estimate of drug-likeness (QED) is 0.491. The number of amides is 1. The van der Waals surface area contributed by atoms with Gasteiger partial charge in [-0.25, -0.2) is 9.97 Å². The molecule has 0 fully saturated rings. The van der Waals surface area contributed by atoms with E-state index >= 15 is 0 Å². The topological polar surface area (TPSA) is 76.4 Å². The Morgan fingerprint density at radius 2 is 2.00 bits per heavy atom. The second-order valence-electron chi connectivity index (χ2n) is 6.12. The van der Waals surface area contributed by atoms with Gasteiger partial charge in [0, 0.05) is 6.20 Å². The first-order valence-corrected chi connectivity index (χ1v) is 9.81. The molecule has 0 saturated heterocycles. The van der Waals surface area contributed by atoms with Gasteiger partial charge in [-0.3, -0.25) is 19.3 Å². The molecule has 1 N–H and O–H groups in total. The number of thiophene rings is 1. The molecule has 0 aliphatic heterocycles. The summed E-state index contributed by atoms with van der Waals surface area (Å²) in [4.78, 5) is 35.2. The highest BCUT2D eigenvalue weighted by Crippen LogP contribution is 2.28. The number of thiazole rings is 1. The van der Waals surface area contributed by atoms with Gasteiger partial charge in [0.05, 0.1) is 20.5 Å². The average Bonchev–Trinajstić information content (AvgIpc) is 3.25. The fourth-order valence-electron chi connectivity index (χ4n) is 2.90. The lowest BCUT2D eigenvalue weighted by molar-refractivity contribution is 0.103. The van der Waals surface area contributed by atoms with Crippen molar-refractivity contribution < 1.29 is 4.79 Å². The van der Waals surface area contributed by atoms with Crippen LogP contribution >= 0.6 is 22.7 Å². The second kappa shape index (κ2) is 5.97. The SMILES string of the molecule is Cc1ccc2nc(NC(=O)c3cc4c(=O)n5ccccc5nc4s3)sc2c1. The lowest BCUT2D eigenvalue weighted by atomic mass is 10.2. The molecule has 6 nitrogen and oxygen atoms in total. The number of rotatable bonds is 2. The van der Waals surface area contributed by atoms with Crippen LogP contribution < -0.4 is 10.9 Å². The Labute approximate surface area is 160 Å². The number of nitrogens with zero attached hydrogens (tertiary/aromatic N) is 3. The minimum Gasteiger partial charge on any atom is -0.297 e. The van der Waals surface area contributed by atoms with E-state index in [9.17, 15) is 9.59 Å². The number of anilines is 1. The maximum Gasteiger partial charge on any atom is 0.267 e. The molecule has 5 rings (SSSR count). The van der Waals surface area contributed by atoms with Crippen LogP contribution in [0.2, 0.25) is 0 Å². The summed E-state index contributed by atoms with van der Waals surface area (Å²) in [5, 5.41) is 3.81. The van der Waals surface area contributed by atoms with Crippen molar-refractivity contribution >= 4 is 59.8 Å². The Balaban J connectivity index is 1.54. The van der Waals surface area contributed by atoms with Gasteiger partial charge in [0.1, 0.15) is 10.5 Å². The van der Waals surface area contributed by atoms with E-state index in [4.69, 9.17) is 0 Å². The van der Waals surface area contributed by atoms with Gasteiger partial charge in [-0.1, -0.05) is 23.5 Å². The van der Waals surface area contributed by atoms with Crippen LogP contribution in [0, 0.1) is 6.92 Å². The van der Waals surface area contributed by atoms with Crippen molar-refractivity contribution in [1.82, 2.24) is 14.4 Å². The molecule has 132 valence electrons. The summed E-state index contributed by atoms with van der Waals surface area (Å²) in [7, 11) is 0. The van der Waals surface area contributed by atoms with Gasteiger partial charge < -0.3 is 0 Å². The van der Waals surface area contributed by atoms with E-state index in [1.54, 1.807) is 24.4 Å². The number of aryl methyl sites for hydroxylation is 1. The molecule has 1 amide bonds. The molecule has 4 aromatic heterocycles.